The minimum Gasteiger partial charge on any atom is -0.453 e. The molecule has 2 aliphatic carbocycles. The standard InChI is InChI=1S/C43H62N4O7/c1-5-7-9-11-21-46-27-35-36(28-46)42(35,31-15-13-17-33(25-31)44-39(48)51-3)19-23-53-41(50)54-24-20-43(32-16-14-18-34(26-32)45-40(49)52-4)37-29-47(30-38(37)43)22-12-10-8-6-2/h13-18,25-26,35-38H,5-12,19-24,27-30H2,1-4H3,(H,44,48)(H,45,49). The Hall–Kier alpha value is -3.83. The van der Waals surface area contributed by atoms with Gasteiger partial charge in [-0.25, -0.2) is 14.4 Å². The molecular weight excluding hydrogens is 684 g/mol. The van der Waals surface area contributed by atoms with Crippen LogP contribution in [0.4, 0.5) is 25.8 Å². The molecule has 4 fully saturated rings. The van der Waals surface area contributed by atoms with Crippen LogP contribution in [0.25, 0.3) is 0 Å². The van der Waals surface area contributed by atoms with Gasteiger partial charge >= 0.3 is 18.3 Å². The third-order valence-electron chi connectivity index (χ3n) is 13.0. The number of anilines is 2. The molecule has 2 N–H and O–H groups in total. The van der Waals surface area contributed by atoms with E-state index in [1.165, 1.54) is 76.7 Å². The van der Waals surface area contributed by atoms with E-state index in [0.29, 0.717) is 47.9 Å². The minimum atomic E-state index is -0.630. The Labute approximate surface area is 321 Å². The minimum absolute atomic E-state index is 0.116. The summed E-state index contributed by atoms with van der Waals surface area (Å²) in [5.74, 6) is 1.89. The van der Waals surface area contributed by atoms with Crippen molar-refractivity contribution in [3.05, 3.63) is 59.7 Å². The van der Waals surface area contributed by atoms with E-state index in [-0.39, 0.29) is 24.0 Å². The lowest BCUT2D eigenvalue weighted by molar-refractivity contribution is 0.0474. The second kappa shape index (κ2) is 18.2. The van der Waals surface area contributed by atoms with Crippen molar-refractivity contribution >= 4 is 29.7 Å². The normalized spacial score (nSPS) is 26.7. The van der Waals surface area contributed by atoms with Crippen LogP contribution in [-0.4, -0.2) is 94.8 Å². The zero-order chi connectivity index (χ0) is 38.1. The maximum atomic E-state index is 13.1. The number of carbonyl (C=O) groups excluding carboxylic acids is 3. The number of fused-ring (bicyclic) bond motifs is 2. The number of piperidine rings is 2. The molecule has 0 spiro atoms. The van der Waals surface area contributed by atoms with Crippen LogP contribution in [0, 0.1) is 23.7 Å². The highest BCUT2D eigenvalue weighted by molar-refractivity contribution is 5.85. The van der Waals surface area contributed by atoms with Crippen LogP contribution in [0.15, 0.2) is 48.5 Å². The zero-order valence-electron chi connectivity index (χ0n) is 32.9. The molecule has 2 amide bonds. The first-order valence-corrected chi connectivity index (χ1v) is 20.4. The number of benzene rings is 2. The van der Waals surface area contributed by atoms with Crippen molar-refractivity contribution in [1.29, 1.82) is 0 Å². The van der Waals surface area contributed by atoms with E-state index in [4.69, 9.17) is 18.9 Å². The second-order valence-electron chi connectivity index (χ2n) is 16.0. The van der Waals surface area contributed by atoms with Gasteiger partial charge in [0.15, 0.2) is 0 Å². The molecule has 2 aliphatic heterocycles. The van der Waals surface area contributed by atoms with Crippen molar-refractivity contribution in [3.63, 3.8) is 0 Å². The van der Waals surface area contributed by atoms with E-state index in [2.05, 4.69) is 46.4 Å². The largest absolute Gasteiger partial charge is 0.508 e. The Balaban J connectivity index is 1.05. The number of hydrogen-bond acceptors (Lipinski definition) is 9. The number of hydrogen-bond donors (Lipinski definition) is 2. The molecule has 2 saturated carbocycles. The number of likely N-dealkylation sites (tertiary alicyclic amines) is 2. The van der Waals surface area contributed by atoms with Gasteiger partial charge in [-0.15, -0.1) is 0 Å². The summed E-state index contributed by atoms with van der Waals surface area (Å²) in [6, 6.07) is 16.1. The summed E-state index contributed by atoms with van der Waals surface area (Å²) >= 11 is 0. The lowest BCUT2D eigenvalue weighted by atomic mass is 9.86. The van der Waals surface area contributed by atoms with E-state index < -0.39 is 18.3 Å². The van der Waals surface area contributed by atoms with Gasteiger partial charge in [-0.3, -0.25) is 10.6 Å². The third kappa shape index (κ3) is 8.83. The van der Waals surface area contributed by atoms with Gasteiger partial charge in [0.05, 0.1) is 27.4 Å². The summed E-state index contributed by atoms with van der Waals surface area (Å²) in [6.45, 7) is 11.4. The van der Waals surface area contributed by atoms with Gasteiger partial charge in [-0.1, -0.05) is 76.6 Å². The van der Waals surface area contributed by atoms with Crippen molar-refractivity contribution in [2.75, 3.05) is 77.3 Å². The fraction of sp³-hybridized carbons (Fsp3) is 0.651. The fourth-order valence-electron chi connectivity index (χ4n) is 10.2. The predicted octanol–water partition coefficient (Wildman–Crippen LogP) is 8.44. The molecule has 11 nitrogen and oxygen atoms in total. The van der Waals surface area contributed by atoms with Gasteiger partial charge in [-0.05, 0) is 97.8 Å². The van der Waals surface area contributed by atoms with E-state index in [0.717, 1.165) is 39.3 Å². The molecule has 2 aromatic carbocycles. The van der Waals surface area contributed by atoms with Gasteiger partial charge in [-0.2, -0.15) is 0 Å². The molecule has 6 rings (SSSR count). The molecular formula is C43H62N4O7. The fourth-order valence-corrected chi connectivity index (χ4v) is 10.2. The summed E-state index contributed by atoms with van der Waals surface area (Å²) < 4.78 is 21.3. The van der Waals surface area contributed by atoms with Crippen molar-refractivity contribution in [2.45, 2.75) is 88.9 Å². The van der Waals surface area contributed by atoms with Crippen LogP contribution in [-0.2, 0) is 29.8 Å². The number of nitrogens with one attached hydrogen (secondary N) is 2. The molecule has 0 aromatic heterocycles. The van der Waals surface area contributed by atoms with Gasteiger partial charge < -0.3 is 28.7 Å². The average molecular weight is 747 g/mol. The average Bonchev–Trinajstić information content (AvgIpc) is 3.72. The maximum Gasteiger partial charge on any atom is 0.508 e. The topological polar surface area (TPSA) is 119 Å². The number of nitrogens with zero attached hydrogens (tertiary/aromatic N) is 2. The van der Waals surface area contributed by atoms with Gasteiger partial charge in [0, 0.05) is 48.4 Å². The quantitative estimate of drug-likeness (QED) is 0.0782. The van der Waals surface area contributed by atoms with Crippen LogP contribution in [0.3, 0.4) is 0 Å². The van der Waals surface area contributed by atoms with Crippen LogP contribution >= 0.6 is 0 Å². The van der Waals surface area contributed by atoms with Crippen LogP contribution < -0.4 is 10.6 Å². The summed E-state index contributed by atoms with van der Waals surface area (Å²) in [7, 11) is 2.72. The number of methoxy groups -OCH3 is 2. The molecule has 2 saturated heterocycles. The Morgan fingerprint density at radius 1 is 0.630 bits per heavy atom. The molecule has 4 unspecified atom stereocenters. The lowest BCUT2D eigenvalue weighted by Crippen LogP contribution is -2.32. The molecule has 0 bridgehead atoms. The predicted molar refractivity (Wildman–Crippen MR) is 210 cm³/mol. The monoisotopic (exact) mass is 746 g/mol. The zero-order valence-corrected chi connectivity index (χ0v) is 32.9. The SMILES string of the molecule is CCCCCCN1CC2C(C1)C2(CCOC(=O)OCCC1(c2cccc(NC(=O)OC)c2)C2CN(CCCCCC)CC21)c1cccc(NC(=O)OC)c1. The second-order valence-corrected chi connectivity index (χ2v) is 16.0. The highest BCUT2D eigenvalue weighted by atomic mass is 16.7. The van der Waals surface area contributed by atoms with Gasteiger partial charge in [0.1, 0.15) is 0 Å². The number of unbranched alkanes of at least 4 members (excludes halogenated alkanes) is 6. The number of carbonyl (C=O) groups is 3. The van der Waals surface area contributed by atoms with E-state index >= 15 is 0 Å². The maximum absolute atomic E-state index is 13.1. The Morgan fingerprint density at radius 2 is 1.04 bits per heavy atom. The van der Waals surface area contributed by atoms with Crippen molar-refractivity contribution in [2.24, 2.45) is 23.7 Å². The highest BCUT2D eigenvalue weighted by Crippen LogP contribution is 2.66. The van der Waals surface area contributed by atoms with Crippen molar-refractivity contribution in [3.8, 4) is 0 Å². The van der Waals surface area contributed by atoms with E-state index in [1.807, 2.05) is 36.4 Å². The molecule has 296 valence electrons. The van der Waals surface area contributed by atoms with Crippen molar-refractivity contribution < 1.29 is 33.3 Å². The molecule has 0 radical (unpaired) electrons. The molecule has 54 heavy (non-hydrogen) atoms. The summed E-state index contributed by atoms with van der Waals surface area (Å²) in [5.41, 5.74) is 3.50. The molecule has 4 aliphatic rings. The Bertz CT molecular complexity index is 1450. The summed E-state index contributed by atoms with van der Waals surface area (Å²) in [5, 5.41) is 5.63. The van der Waals surface area contributed by atoms with Gasteiger partial charge in [0.25, 0.3) is 0 Å². The number of ether oxygens (including phenoxy) is 4. The first-order valence-electron chi connectivity index (χ1n) is 20.4. The summed E-state index contributed by atoms with van der Waals surface area (Å²) in [4.78, 5) is 42.2. The first-order chi connectivity index (χ1) is 26.3. The Morgan fingerprint density at radius 3 is 1.41 bits per heavy atom. The van der Waals surface area contributed by atoms with Crippen LogP contribution in [0.1, 0.15) is 89.2 Å². The number of rotatable bonds is 20. The molecule has 4 atom stereocenters. The number of amides is 2. The lowest BCUT2D eigenvalue weighted by Gasteiger charge is -2.28. The first kappa shape index (κ1) is 39.9. The van der Waals surface area contributed by atoms with E-state index in [1.54, 1.807) is 0 Å². The van der Waals surface area contributed by atoms with Crippen molar-refractivity contribution in [1.82, 2.24) is 9.80 Å². The van der Waals surface area contributed by atoms with E-state index in [9.17, 15) is 14.4 Å². The molecule has 2 heterocycles. The smallest absolute Gasteiger partial charge is 0.453 e. The summed E-state index contributed by atoms with van der Waals surface area (Å²) in [6.07, 6.45) is 9.78. The van der Waals surface area contributed by atoms with Crippen LogP contribution in [0.2, 0.25) is 0 Å². The highest BCUT2D eigenvalue weighted by Gasteiger charge is 2.69. The van der Waals surface area contributed by atoms with Crippen LogP contribution in [0.5, 0.6) is 0 Å². The third-order valence-corrected chi connectivity index (χ3v) is 13.0. The Kier molecular flexibility index (Phi) is 13.4. The van der Waals surface area contributed by atoms with Gasteiger partial charge in [0.2, 0.25) is 0 Å². The molecule has 2 aromatic rings. The molecule has 11 heteroatoms.